The molecule has 110 valence electrons. The van der Waals surface area contributed by atoms with Gasteiger partial charge in [0.25, 0.3) is 0 Å². The summed E-state index contributed by atoms with van der Waals surface area (Å²) in [6, 6.07) is 16.2. The number of hydrogen-bond acceptors (Lipinski definition) is 3. The normalized spacial score (nSPS) is 11.1. The number of thioether (sulfide) groups is 1. The molecule has 0 aliphatic carbocycles. The molecule has 0 N–H and O–H groups in total. The van der Waals surface area contributed by atoms with Crippen molar-refractivity contribution in [2.45, 2.75) is 10.6 Å². The van der Waals surface area contributed by atoms with Crippen LogP contribution in [0.25, 0.3) is 0 Å². The molecule has 5 heteroatoms. The van der Waals surface area contributed by atoms with Gasteiger partial charge in [0.1, 0.15) is 0 Å². The van der Waals surface area contributed by atoms with E-state index in [1.54, 1.807) is 21.6 Å². The molecule has 2 aromatic carbocycles. The lowest BCUT2D eigenvalue weighted by Gasteiger charge is -2.01. The van der Waals surface area contributed by atoms with E-state index in [0.717, 1.165) is 11.5 Å². The Morgan fingerprint density at radius 2 is 1.76 bits per heavy atom. The molecule has 0 nitrogen and oxygen atoms in total. The molecule has 0 saturated carbocycles. The molecule has 0 bridgehead atoms. The van der Waals surface area contributed by atoms with Crippen molar-refractivity contribution in [3.63, 3.8) is 0 Å². The maximum atomic E-state index is 5.99. The third-order valence-electron chi connectivity index (χ3n) is 2.52. The highest BCUT2D eigenvalue weighted by atomic mass is 35.5. The number of rotatable bonds is 7. The van der Waals surface area contributed by atoms with Gasteiger partial charge in [-0.25, -0.2) is 0 Å². The van der Waals surface area contributed by atoms with Gasteiger partial charge in [0, 0.05) is 16.4 Å². The topological polar surface area (TPSA) is 0 Å². The standard InChI is InChI=1S/C16H14Cl2S3/c17-15-8-7-13(11-16(15)18)12-21-20-10-4-9-19-14-5-2-1-3-6-14/h1-8,10-11H,9,12H2/b10-4-. The van der Waals surface area contributed by atoms with E-state index in [-0.39, 0.29) is 0 Å². The van der Waals surface area contributed by atoms with Crippen molar-refractivity contribution in [1.29, 1.82) is 0 Å². The fourth-order valence-corrected chi connectivity index (χ4v) is 4.41. The van der Waals surface area contributed by atoms with Crippen LogP contribution in [-0.2, 0) is 5.75 Å². The van der Waals surface area contributed by atoms with E-state index in [4.69, 9.17) is 23.2 Å². The summed E-state index contributed by atoms with van der Waals surface area (Å²) in [5, 5.41) is 3.36. The average molecular weight is 373 g/mol. The van der Waals surface area contributed by atoms with Crippen molar-refractivity contribution >= 4 is 56.6 Å². The summed E-state index contributed by atoms with van der Waals surface area (Å²) in [7, 11) is 3.53. The van der Waals surface area contributed by atoms with Crippen molar-refractivity contribution in [3.05, 3.63) is 75.6 Å². The highest BCUT2D eigenvalue weighted by Gasteiger charge is 1.99. The molecular weight excluding hydrogens is 359 g/mol. The number of benzene rings is 2. The maximum absolute atomic E-state index is 5.99. The average Bonchev–Trinajstić information content (AvgIpc) is 2.51. The summed E-state index contributed by atoms with van der Waals surface area (Å²) >= 11 is 13.7. The van der Waals surface area contributed by atoms with Crippen molar-refractivity contribution in [2.75, 3.05) is 5.75 Å². The van der Waals surface area contributed by atoms with Gasteiger partial charge < -0.3 is 0 Å². The Bertz CT molecular complexity index is 585. The summed E-state index contributed by atoms with van der Waals surface area (Å²) in [5.41, 5.74) is 1.19. The van der Waals surface area contributed by atoms with Crippen molar-refractivity contribution < 1.29 is 0 Å². The minimum atomic E-state index is 0.607. The van der Waals surface area contributed by atoms with Gasteiger partial charge in [0.05, 0.1) is 10.0 Å². The number of halogens is 2. The van der Waals surface area contributed by atoms with E-state index >= 15 is 0 Å². The molecule has 0 amide bonds. The zero-order valence-electron chi connectivity index (χ0n) is 11.2. The predicted molar refractivity (Wildman–Crippen MR) is 102 cm³/mol. The number of hydrogen-bond donors (Lipinski definition) is 0. The Balaban J connectivity index is 1.63. The van der Waals surface area contributed by atoms with Crippen LogP contribution in [0.3, 0.4) is 0 Å². The van der Waals surface area contributed by atoms with Gasteiger partial charge in [0.15, 0.2) is 0 Å². The molecular formula is C16H14Cl2S3. The first-order valence-corrected chi connectivity index (χ1v) is 10.4. The van der Waals surface area contributed by atoms with E-state index in [0.29, 0.717) is 10.0 Å². The van der Waals surface area contributed by atoms with Gasteiger partial charge in [-0.15, -0.1) is 11.8 Å². The largest absolute Gasteiger partial charge is 0.122 e. The second-order valence-corrected chi connectivity index (χ2v) is 8.28. The van der Waals surface area contributed by atoms with Gasteiger partial charge in [0.2, 0.25) is 0 Å². The molecule has 0 aliphatic rings. The van der Waals surface area contributed by atoms with Crippen LogP contribution in [0.2, 0.25) is 10.0 Å². The highest BCUT2D eigenvalue weighted by Crippen LogP contribution is 2.30. The van der Waals surface area contributed by atoms with Crippen LogP contribution < -0.4 is 0 Å². The van der Waals surface area contributed by atoms with Gasteiger partial charge in [-0.3, -0.25) is 0 Å². The Labute approximate surface area is 148 Å². The molecule has 0 heterocycles. The zero-order valence-corrected chi connectivity index (χ0v) is 15.1. The molecule has 2 aromatic rings. The van der Waals surface area contributed by atoms with Gasteiger partial charge in [-0.05, 0) is 35.2 Å². The Morgan fingerprint density at radius 3 is 2.52 bits per heavy atom. The first-order chi connectivity index (χ1) is 10.3. The van der Waals surface area contributed by atoms with Crippen LogP contribution >= 0.6 is 56.6 Å². The van der Waals surface area contributed by atoms with E-state index in [1.165, 1.54) is 10.5 Å². The fourth-order valence-electron chi connectivity index (χ4n) is 1.51. The lowest BCUT2D eigenvalue weighted by atomic mass is 10.2. The quantitative estimate of drug-likeness (QED) is 0.287. The van der Waals surface area contributed by atoms with Crippen LogP contribution in [0.4, 0.5) is 0 Å². The van der Waals surface area contributed by atoms with Crippen molar-refractivity contribution in [3.8, 4) is 0 Å². The highest BCUT2D eigenvalue weighted by molar-refractivity contribution is 8.77. The second-order valence-electron chi connectivity index (χ2n) is 4.10. The third-order valence-corrected chi connectivity index (χ3v) is 6.21. The molecule has 2 rings (SSSR count). The molecule has 0 atom stereocenters. The first kappa shape index (κ1) is 17.2. The van der Waals surface area contributed by atoms with Crippen LogP contribution in [0.5, 0.6) is 0 Å². The van der Waals surface area contributed by atoms with Gasteiger partial charge in [-0.2, -0.15) is 0 Å². The third kappa shape index (κ3) is 6.62. The van der Waals surface area contributed by atoms with Crippen LogP contribution in [0, 0.1) is 0 Å². The molecule has 0 saturated heterocycles. The van der Waals surface area contributed by atoms with Crippen LogP contribution in [-0.4, -0.2) is 5.75 Å². The van der Waals surface area contributed by atoms with Crippen molar-refractivity contribution in [2.24, 2.45) is 0 Å². The van der Waals surface area contributed by atoms with Crippen LogP contribution in [0.15, 0.2) is 64.9 Å². The predicted octanol–water partition coefficient (Wildman–Crippen LogP) is 7.18. The summed E-state index contributed by atoms with van der Waals surface area (Å²) < 4.78 is 0. The molecule has 0 radical (unpaired) electrons. The summed E-state index contributed by atoms with van der Waals surface area (Å²) in [5.74, 6) is 1.90. The lowest BCUT2D eigenvalue weighted by molar-refractivity contribution is 1.43. The molecule has 0 unspecified atom stereocenters. The fraction of sp³-hybridized carbons (Fsp3) is 0.125. The first-order valence-electron chi connectivity index (χ1n) is 6.31. The van der Waals surface area contributed by atoms with E-state index in [9.17, 15) is 0 Å². The summed E-state index contributed by atoms with van der Waals surface area (Å²) in [4.78, 5) is 1.30. The van der Waals surface area contributed by atoms with E-state index < -0.39 is 0 Å². The van der Waals surface area contributed by atoms with Gasteiger partial charge in [-0.1, -0.05) is 75.1 Å². The lowest BCUT2D eigenvalue weighted by Crippen LogP contribution is -1.78. The molecule has 0 aliphatic heterocycles. The van der Waals surface area contributed by atoms with E-state index in [1.807, 2.05) is 36.0 Å². The Morgan fingerprint density at radius 1 is 0.952 bits per heavy atom. The minimum absolute atomic E-state index is 0.607. The van der Waals surface area contributed by atoms with Crippen LogP contribution in [0.1, 0.15) is 5.56 Å². The molecule has 0 fully saturated rings. The summed E-state index contributed by atoms with van der Waals surface area (Å²) in [6.45, 7) is 0. The smallest absolute Gasteiger partial charge is 0.0595 e. The maximum Gasteiger partial charge on any atom is 0.0595 e. The molecule has 21 heavy (non-hydrogen) atoms. The van der Waals surface area contributed by atoms with Gasteiger partial charge >= 0.3 is 0 Å². The second kappa shape index (κ2) is 9.75. The molecule has 0 spiro atoms. The summed E-state index contributed by atoms with van der Waals surface area (Å²) in [6.07, 6.45) is 2.18. The Hall–Kier alpha value is -0.190. The SMILES string of the molecule is Clc1ccc(CSS/C=C\CSc2ccccc2)cc1Cl. The van der Waals surface area contributed by atoms with Crippen molar-refractivity contribution in [1.82, 2.24) is 0 Å². The zero-order chi connectivity index (χ0) is 14.9. The van der Waals surface area contributed by atoms with E-state index in [2.05, 4.69) is 35.7 Å². The monoisotopic (exact) mass is 372 g/mol. The molecule has 0 aromatic heterocycles. The Kier molecular flexibility index (Phi) is 7.97. The minimum Gasteiger partial charge on any atom is -0.122 e.